The van der Waals surface area contributed by atoms with E-state index in [0.29, 0.717) is 5.92 Å². The highest BCUT2D eigenvalue weighted by Gasteiger charge is 2.36. The summed E-state index contributed by atoms with van der Waals surface area (Å²) in [6.07, 6.45) is 10.4. The first-order valence-corrected chi connectivity index (χ1v) is 16.9. The van der Waals surface area contributed by atoms with Crippen LogP contribution in [0.25, 0.3) is 78.2 Å². The third-order valence-corrected chi connectivity index (χ3v) is 11.1. The Morgan fingerprint density at radius 1 is 0.511 bits per heavy atom. The van der Waals surface area contributed by atoms with Crippen molar-refractivity contribution in [3.63, 3.8) is 0 Å². The molecule has 10 rings (SSSR count). The Bertz CT molecular complexity index is 2520. The normalized spacial score (nSPS) is 16.4. The van der Waals surface area contributed by atoms with Crippen molar-refractivity contribution in [1.82, 2.24) is 0 Å². The van der Waals surface area contributed by atoms with Crippen LogP contribution >= 0.6 is 0 Å². The Morgan fingerprint density at radius 2 is 1.17 bits per heavy atom. The van der Waals surface area contributed by atoms with Gasteiger partial charge in [0, 0.05) is 11.3 Å². The minimum Gasteiger partial charge on any atom is -0.0830 e. The van der Waals surface area contributed by atoms with Gasteiger partial charge < -0.3 is 0 Å². The Balaban J connectivity index is 1.04. The van der Waals surface area contributed by atoms with Crippen LogP contribution in [-0.2, 0) is 5.41 Å². The Kier molecular flexibility index (Phi) is 5.56. The van der Waals surface area contributed by atoms with Gasteiger partial charge in [0.2, 0.25) is 0 Å². The molecule has 47 heavy (non-hydrogen) atoms. The van der Waals surface area contributed by atoms with E-state index in [1.807, 2.05) is 0 Å². The van der Waals surface area contributed by atoms with Crippen molar-refractivity contribution in [2.45, 2.75) is 31.6 Å². The number of allylic oxidation sites excluding steroid dienone is 2. The molecule has 0 spiro atoms. The maximum absolute atomic E-state index is 2.45. The van der Waals surface area contributed by atoms with Crippen LogP contribution in [0.1, 0.15) is 54.0 Å². The first-order valence-electron chi connectivity index (χ1n) is 16.9. The van der Waals surface area contributed by atoms with Gasteiger partial charge in [0.15, 0.2) is 0 Å². The molecule has 0 N–H and O–H groups in total. The minimum atomic E-state index is -0.0947. The maximum Gasteiger partial charge on any atom is 0.0159 e. The lowest BCUT2D eigenvalue weighted by Crippen LogP contribution is -2.15. The SMILES string of the molecule is CC1(C)c2cc(-c3cccc(-c4ccc5c6c7c(ccc46)C=CCC7C=C5)c3)ccc2-c2ccc(-c3ccc4ccccc4c3)cc21. The second-order valence-electron chi connectivity index (χ2n) is 14.1. The molecule has 222 valence electrons. The van der Waals surface area contributed by atoms with Crippen LogP contribution in [0, 0.1) is 0 Å². The fraction of sp³-hybridized carbons (Fsp3) is 0.106. The predicted octanol–water partition coefficient (Wildman–Crippen LogP) is 12.8. The minimum absolute atomic E-state index is 0.0947. The number of hydrogen-bond acceptors (Lipinski definition) is 0. The van der Waals surface area contributed by atoms with E-state index in [1.54, 1.807) is 0 Å². The Hall–Kier alpha value is -5.46. The van der Waals surface area contributed by atoms with Gasteiger partial charge in [0.1, 0.15) is 0 Å². The van der Waals surface area contributed by atoms with Gasteiger partial charge in [-0.2, -0.15) is 0 Å². The standard InChI is InChI=1S/C47H34/c1-47(2)43-27-36(19-22-40(43)41-23-20-37(28-44(41)47)35-16-13-29-7-3-4-8-33(29)25-35)34-11-6-12-38(26-34)39-21-17-32-15-14-30-9-5-10-31-18-24-42(39)46(32)45(30)31/h3-8,10-28,30H,9H2,1-2H3. The second-order valence-corrected chi connectivity index (χ2v) is 14.1. The second kappa shape index (κ2) is 9.77. The van der Waals surface area contributed by atoms with Gasteiger partial charge >= 0.3 is 0 Å². The molecule has 0 heterocycles. The van der Waals surface area contributed by atoms with Crippen LogP contribution in [-0.4, -0.2) is 0 Å². The van der Waals surface area contributed by atoms with E-state index in [4.69, 9.17) is 0 Å². The summed E-state index contributed by atoms with van der Waals surface area (Å²) in [6.45, 7) is 4.77. The molecule has 0 radical (unpaired) electrons. The van der Waals surface area contributed by atoms with Gasteiger partial charge in [-0.15, -0.1) is 0 Å². The zero-order chi connectivity index (χ0) is 31.3. The summed E-state index contributed by atoms with van der Waals surface area (Å²) in [5, 5.41) is 5.35. The average Bonchev–Trinajstić information content (AvgIpc) is 3.35. The number of hydrogen-bond donors (Lipinski definition) is 0. The van der Waals surface area contributed by atoms with E-state index in [-0.39, 0.29) is 5.41 Å². The third-order valence-electron chi connectivity index (χ3n) is 11.1. The largest absolute Gasteiger partial charge is 0.0830 e. The fourth-order valence-electron chi connectivity index (χ4n) is 8.64. The van der Waals surface area contributed by atoms with Crippen LogP contribution < -0.4 is 0 Å². The number of benzene rings is 7. The predicted molar refractivity (Wildman–Crippen MR) is 201 cm³/mol. The van der Waals surface area contributed by atoms with Crippen molar-refractivity contribution in [3.05, 3.63) is 167 Å². The van der Waals surface area contributed by atoms with Crippen molar-refractivity contribution >= 4 is 33.7 Å². The number of fused-ring (bicyclic) bond motifs is 4. The lowest BCUT2D eigenvalue weighted by Gasteiger charge is -2.26. The first-order chi connectivity index (χ1) is 23.0. The molecule has 3 aliphatic rings. The zero-order valence-electron chi connectivity index (χ0n) is 26.7. The molecular weight excluding hydrogens is 565 g/mol. The van der Waals surface area contributed by atoms with Gasteiger partial charge in [0.25, 0.3) is 0 Å². The van der Waals surface area contributed by atoms with Crippen molar-refractivity contribution in [1.29, 1.82) is 0 Å². The Labute approximate surface area is 276 Å². The van der Waals surface area contributed by atoms with E-state index < -0.39 is 0 Å². The zero-order valence-corrected chi connectivity index (χ0v) is 26.7. The van der Waals surface area contributed by atoms with Crippen LogP contribution in [0.5, 0.6) is 0 Å². The van der Waals surface area contributed by atoms with Crippen molar-refractivity contribution in [2.75, 3.05) is 0 Å². The number of rotatable bonds is 3. The summed E-state index contributed by atoms with van der Waals surface area (Å²) >= 11 is 0. The van der Waals surface area contributed by atoms with Gasteiger partial charge in [-0.3, -0.25) is 0 Å². The van der Waals surface area contributed by atoms with Crippen LogP contribution in [0.15, 0.2) is 140 Å². The average molecular weight is 599 g/mol. The highest BCUT2D eigenvalue weighted by Crippen LogP contribution is 2.51. The molecule has 0 aromatic heterocycles. The molecule has 0 aliphatic heterocycles. The highest BCUT2D eigenvalue weighted by atomic mass is 14.4. The smallest absolute Gasteiger partial charge is 0.0159 e. The molecule has 1 atom stereocenters. The van der Waals surface area contributed by atoms with Gasteiger partial charge in [-0.05, 0) is 125 Å². The fourth-order valence-corrected chi connectivity index (χ4v) is 8.64. The van der Waals surface area contributed by atoms with Gasteiger partial charge in [0.05, 0.1) is 0 Å². The molecule has 0 heteroatoms. The molecule has 0 amide bonds. The summed E-state index contributed by atoms with van der Waals surface area (Å²) in [5.41, 5.74) is 17.3. The van der Waals surface area contributed by atoms with E-state index in [1.165, 1.54) is 93.9 Å². The summed E-state index contributed by atoms with van der Waals surface area (Å²) in [5.74, 6) is 0.482. The first kappa shape index (κ1) is 26.7. The molecule has 7 aromatic rings. The summed E-state index contributed by atoms with van der Waals surface area (Å²) in [4.78, 5) is 0. The molecule has 0 saturated carbocycles. The maximum atomic E-state index is 2.45. The molecule has 0 nitrogen and oxygen atoms in total. The monoisotopic (exact) mass is 598 g/mol. The van der Waals surface area contributed by atoms with Crippen LogP contribution in [0.3, 0.4) is 0 Å². The lowest BCUT2D eigenvalue weighted by molar-refractivity contribution is 0.661. The summed E-state index contributed by atoms with van der Waals surface area (Å²) in [6, 6.07) is 48.1. The molecule has 0 saturated heterocycles. The van der Waals surface area contributed by atoms with Gasteiger partial charge in [-0.25, -0.2) is 0 Å². The summed E-state index contributed by atoms with van der Waals surface area (Å²) in [7, 11) is 0. The van der Waals surface area contributed by atoms with E-state index in [2.05, 4.69) is 166 Å². The molecule has 7 aromatic carbocycles. The molecule has 3 aliphatic carbocycles. The molecular formula is C47H34. The quantitative estimate of drug-likeness (QED) is 0.190. The molecule has 0 fully saturated rings. The molecule has 1 unspecified atom stereocenters. The van der Waals surface area contributed by atoms with Crippen LogP contribution in [0.4, 0.5) is 0 Å². The summed E-state index contributed by atoms with van der Waals surface area (Å²) < 4.78 is 0. The van der Waals surface area contributed by atoms with E-state index in [0.717, 1.165) is 6.42 Å². The topological polar surface area (TPSA) is 0 Å². The van der Waals surface area contributed by atoms with Crippen molar-refractivity contribution in [3.8, 4) is 44.5 Å². The van der Waals surface area contributed by atoms with Crippen molar-refractivity contribution in [2.24, 2.45) is 0 Å². The third kappa shape index (κ3) is 3.95. The van der Waals surface area contributed by atoms with Gasteiger partial charge in [-0.1, -0.05) is 141 Å². The van der Waals surface area contributed by atoms with E-state index in [9.17, 15) is 0 Å². The Morgan fingerprint density at radius 3 is 1.98 bits per heavy atom. The lowest BCUT2D eigenvalue weighted by atomic mass is 9.77. The van der Waals surface area contributed by atoms with Crippen molar-refractivity contribution < 1.29 is 0 Å². The molecule has 0 bridgehead atoms. The highest BCUT2D eigenvalue weighted by molar-refractivity contribution is 6.06. The van der Waals surface area contributed by atoms with E-state index >= 15 is 0 Å². The van der Waals surface area contributed by atoms with Crippen LogP contribution in [0.2, 0.25) is 0 Å².